The first kappa shape index (κ1) is 18.8. The van der Waals surface area contributed by atoms with Crippen LogP contribution in [0.1, 0.15) is 41.5 Å². The molecule has 0 nitrogen and oxygen atoms in total. The summed E-state index contributed by atoms with van der Waals surface area (Å²) in [5.74, 6) is 0. The summed E-state index contributed by atoms with van der Waals surface area (Å²) in [6.45, 7) is 14.0. The van der Waals surface area contributed by atoms with Gasteiger partial charge in [-0.3, -0.25) is 8.58 Å². The van der Waals surface area contributed by atoms with Crippen molar-refractivity contribution in [2.24, 2.45) is 10.8 Å². The third kappa shape index (κ3) is 18.1. The summed E-state index contributed by atoms with van der Waals surface area (Å²) in [6.07, 6.45) is 6.58. The minimum Gasteiger partial charge on any atom is -0.301 e. The van der Waals surface area contributed by atoms with Gasteiger partial charge in [-0.15, -0.1) is 0 Å². The molecule has 3 heteroatoms. The van der Waals surface area contributed by atoms with Crippen LogP contribution in [0.3, 0.4) is 0 Å². The molecule has 0 aromatic carbocycles. The van der Waals surface area contributed by atoms with Gasteiger partial charge in [0.1, 0.15) is 0 Å². The van der Waals surface area contributed by atoms with E-state index in [1.807, 2.05) is 0 Å². The molecule has 2 atom stereocenters. The molecule has 15 heavy (non-hydrogen) atoms. The van der Waals surface area contributed by atoms with Crippen molar-refractivity contribution in [2.45, 2.75) is 41.5 Å². The minimum atomic E-state index is 0. The van der Waals surface area contributed by atoms with Gasteiger partial charge in [-0.1, -0.05) is 47.7 Å². The van der Waals surface area contributed by atoms with Gasteiger partial charge in [-0.25, -0.2) is 0 Å². The first-order chi connectivity index (χ1) is 6.21. The van der Waals surface area contributed by atoms with Crippen LogP contribution in [0, 0.1) is 17.0 Å². The van der Waals surface area contributed by atoms with Gasteiger partial charge in [-0.2, -0.15) is 14.7 Å². The maximum atomic E-state index is 2.51. The summed E-state index contributed by atoms with van der Waals surface area (Å²) in [4.78, 5) is 0. The Morgan fingerprint density at radius 1 is 0.867 bits per heavy atom. The zero-order valence-electron chi connectivity index (χ0n) is 11.0. The van der Waals surface area contributed by atoms with E-state index in [9.17, 15) is 0 Å². The fraction of sp³-hybridized carbons (Fsp3) is 0.917. The second-order valence-electron chi connectivity index (χ2n) is 6.34. The molecule has 0 aliphatic carbocycles. The van der Waals surface area contributed by atoms with Crippen molar-refractivity contribution < 1.29 is 19.5 Å². The molecule has 0 spiro atoms. The van der Waals surface area contributed by atoms with Crippen molar-refractivity contribution in [1.29, 1.82) is 0 Å². The third-order valence-electron chi connectivity index (χ3n) is 1.68. The smallest absolute Gasteiger partial charge is 0 e. The van der Waals surface area contributed by atoms with Crippen LogP contribution in [-0.4, -0.2) is 18.5 Å². The molecule has 0 aromatic heterocycles. The topological polar surface area (TPSA) is 0 Å². The minimum absolute atomic E-state index is 0. The van der Waals surface area contributed by atoms with E-state index in [1.54, 1.807) is 0 Å². The zero-order chi connectivity index (χ0) is 11.2. The summed E-state index contributed by atoms with van der Waals surface area (Å²) < 4.78 is 0. The maximum Gasteiger partial charge on any atom is 0 e. The predicted molar refractivity (Wildman–Crippen MR) is 74.4 cm³/mol. The predicted octanol–water partition coefficient (Wildman–Crippen LogP) is 4.59. The molecule has 0 fully saturated rings. The molecule has 0 amide bonds. The normalized spacial score (nSPS) is 14.0. The average molecular weight is 336 g/mol. The molecule has 0 aromatic rings. The van der Waals surface area contributed by atoms with E-state index in [0.29, 0.717) is 10.8 Å². The summed E-state index contributed by atoms with van der Waals surface area (Å²) in [5, 5.41) is 0. The Labute approximate surface area is 113 Å². The van der Waals surface area contributed by atoms with Gasteiger partial charge in [0.05, 0.1) is 0 Å². The monoisotopic (exact) mass is 336 g/mol. The van der Waals surface area contributed by atoms with Gasteiger partial charge in [-0.05, 0) is 17.0 Å². The SMILES string of the molecule is CC(C)(C)CP[CH-]CPCC(C)(C)C.[Rh]. The van der Waals surface area contributed by atoms with E-state index in [2.05, 4.69) is 47.7 Å². The van der Waals surface area contributed by atoms with Crippen molar-refractivity contribution in [2.75, 3.05) is 18.5 Å². The molecule has 0 N–H and O–H groups in total. The first-order valence-corrected chi connectivity index (χ1v) is 8.16. The Morgan fingerprint density at radius 3 is 1.73 bits per heavy atom. The van der Waals surface area contributed by atoms with Crippen LogP contribution < -0.4 is 0 Å². The van der Waals surface area contributed by atoms with Crippen LogP contribution in [0.15, 0.2) is 0 Å². The largest absolute Gasteiger partial charge is 0.301 e. The van der Waals surface area contributed by atoms with Crippen LogP contribution in [0.25, 0.3) is 0 Å². The molecule has 0 saturated heterocycles. The van der Waals surface area contributed by atoms with Gasteiger partial charge in [0.25, 0.3) is 0 Å². The maximum absolute atomic E-state index is 2.51. The third-order valence-corrected chi connectivity index (χ3v) is 5.65. The first-order valence-electron chi connectivity index (χ1n) is 5.46. The fourth-order valence-electron chi connectivity index (χ4n) is 0.970. The fourth-order valence-corrected chi connectivity index (χ4v) is 3.78. The molecule has 0 aliphatic rings. The molecule has 1 radical (unpaired) electrons. The molecule has 2 unspecified atom stereocenters. The van der Waals surface area contributed by atoms with Crippen LogP contribution in [-0.2, 0) is 19.5 Å². The van der Waals surface area contributed by atoms with Crippen molar-refractivity contribution in [1.82, 2.24) is 0 Å². The quantitative estimate of drug-likeness (QED) is 0.298. The Bertz CT molecular complexity index is 127. The van der Waals surface area contributed by atoms with Crippen LogP contribution in [0.5, 0.6) is 0 Å². The van der Waals surface area contributed by atoms with Gasteiger partial charge < -0.3 is 6.16 Å². The molecule has 0 heterocycles. The van der Waals surface area contributed by atoms with Gasteiger partial charge >= 0.3 is 0 Å². The van der Waals surface area contributed by atoms with E-state index < -0.39 is 0 Å². The van der Waals surface area contributed by atoms with E-state index in [0.717, 1.165) is 17.2 Å². The van der Waals surface area contributed by atoms with Crippen molar-refractivity contribution in [3.63, 3.8) is 0 Å². The summed E-state index contributed by atoms with van der Waals surface area (Å²) in [6, 6.07) is 0. The molecular weight excluding hydrogens is 309 g/mol. The van der Waals surface area contributed by atoms with Gasteiger partial charge in [0.15, 0.2) is 0 Å². The van der Waals surface area contributed by atoms with Crippen molar-refractivity contribution in [3.05, 3.63) is 6.16 Å². The number of rotatable bonds is 5. The van der Waals surface area contributed by atoms with E-state index in [-0.39, 0.29) is 19.5 Å². The molecular formula is C12H27P2Rh-. The van der Waals surface area contributed by atoms with Crippen molar-refractivity contribution >= 4 is 17.2 Å². The molecule has 95 valence electrons. The summed E-state index contributed by atoms with van der Waals surface area (Å²) in [7, 11) is 2.19. The van der Waals surface area contributed by atoms with Gasteiger partial charge in [0.2, 0.25) is 0 Å². The molecule has 0 bridgehead atoms. The molecule has 0 rings (SSSR count). The Balaban J connectivity index is 0. The van der Waals surface area contributed by atoms with E-state index in [1.165, 1.54) is 18.5 Å². The summed E-state index contributed by atoms with van der Waals surface area (Å²) in [5.41, 5.74) is 1.04. The second-order valence-corrected chi connectivity index (χ2v) is 8.77. The molecule has 0 saturated carbocycles. The van der Waals surface area contributed by atoms with E-state index in [4.69, 9.17) is 0 Å². The molecule has 0 aliphatic heterocycles. The van der Waals surface area contributed by atoms with Crippen LogP contribution in [0.4, 0.5) is 0 Å². The zero-order valence-corrected chi connectivity index (χ0v) is 14.7. The average Bonchev–Trinajstić information content (AvgIpc) is 1.92. The number of hydrogen-bond acceptors (Lipinski definition) is 0. The van der Waals surface area contributed by atoms with Crippen LogP contribution in [0.2, 0.25) is 0 Å². The van der Waals surface area contributed by atoms with Crippen molar-refractivity contribution in [3.8, 4) is 0 Å². The standard InChI is InChI=1S/C12H27P2.Rh/c1-11(2,3)9-13-7-8-14-10-12(4,5)6;/h7,13-14H,8-10H2,1-6H3;/q-1;. The second kappa shape index (κ2) is 8.56. The Kier molecular flexibility index (Phi) is 10.7. The summed E-state index contributed by atoms with van der Waals surface area (Å²) >= 11 is 0. The van der Waals surface area contributed by atoms with E-state index >= 15 is 0 Å². The number of hydrogen-bond donors (Lipinski definition) is 0. The Morgan fingerprint density at radius 2 is 1.33 bits per heavy atom. The Hall–Kier alpha value is 1.48. The van der Waals surface area contributed by atoms with Gasteiger partial charge in [0, 0.05) is 19.5 Å². The van der Waals surface area contributed by atoms with Crippen LogP contribution >= 0.6 is 17.2 Å².